The van der Waals surface area contributed by atoms with Crippen LogP contribution in [0.5, 0.6) is 5.75 Å². The van der Waals surface area contributed by atoms with Gasteiger partial charge in [-0.3, -0.25) is 4.90 Å². The number of rotatable bonds is 9. The van der Waals surface area contributed by atoms with Crippen LogP contribution in [0, 0.1) is 0 Å². The van der Waals surface area contributed by atoms with Gasteiger partial charge in [-0.05, 0) is 28.5 Å². The minimum absolute atomic E-state index is 0. The lowest BCUT2D eigenvalue weighted by atomic mass is 10.1. The SMILES string of the molecule is OCCN(Cc1ccccc1)CC(O)COc1ccc2ccccc2c1.[Cl-]. The topological polar surface area (TPSA) is 52.9 Å². The maximum atomic E-state index is 10.4. The summed E-state index contributed by atoms with van der Waals surface area (Å²) in [5, 5.41) is 21.9. The van der Waals surface area contributed by atoms with E-state index in [4.69, 9.17) is 4.74 Å². The maximum absolute atomic E-state index is 10.4. The minimum Gasteiger partial charge on any atom is -1.00 e. The molecule has 4 nitrogen and oxygen atoms in total. The number of hydrogen-bond acceptors (Lipinski definition) is 4. The highest BCUT2D eigenvalue weighted by Crippen LogP contribution is 2.20. The van der Waals surface area contributed by atoms with Crippen molar-refractivity contribution >= 4 is 10.8 Å². The van der Waals surface area contributed by atoms with Gasteiger partial charge in [0.25, 0.3) is 0 Å². The number of aliphatic hydroxyl groups is 2. The second-order valence-electron chi connectivity index (χ2n) is 6.42. The van der Waals surface area contributed by atoms with Crippen LogP contribution in [-0.2, 0) is 6.54 Å². The number of aliphatic hydroxyl groups excluding tert-OH is 2. The van der Waals surface area contributed by atoms with Gasteiger partial charge in [0.2, 0.25) is 0 Å². The summed E-state index contributed by atoms with van der Waals surface area (Å²) >= 11 is 0. The Bertz CT molecular complexity index is 813. The predicted octanol–water partition coefficient (Wildman–Crippen LogP) is 0.0780. The molecular weight excluding hydrogens is 362 g/mol. The molecule has 0 radical (unpaired) electrons. The molecule has 0 saturated carbocycles. The molecule has 0 bridgehead atoms. The number of halogens is 1. The second kappa shape index (κ2) is 10.9. The van der Waals surface area contributed by atoms with Crippen LogP contribution in [0.4, 0.5) is 0 Å². The summed E-state index contributed by atoms with van der Waals surface area (Å²) in [5.41, 5.74) is 1.16. The lowest BCUT2D eigenvalue weighted by Gasteiger charge is -2.24. The van der Waals surface area contributed by atoms with Gasteiger partial charge >= 0.3 is 0 Å². The van der Waals surface area contributed by atoms with E-state index in [0.29, 0.717) is 19.6 Å². The highest BCUT2D eigenvalue weighted by Gasteiger charge is 2.13. The van der Waals surface area contributed by atoms with Crippen molar-refractivity contribution in [1.82, 2.24) is 4.90 Å². The Morgan fingerprint density at radius 3 is 2.33 bits per heavy atom. The molecule has 3 aromatic carbocycles. The van der Waals surface area contributed by atoms with Gasteiger partial charge in [-0.2, -0.15) is 0 Å². The Labute approximate surface area is 166 Å². The quantitative estimate of drug-likeness (QED) is 0.547. The van der Waals surface area contributed by atoms with Crippen molar-refractivity contribution in [3.63, 3.8) is 0 Å². The molecular formula is C22H25ClNO3-. The molecule has 2 N–H and O–H groups in total. The Morgan fingerprint density at radius 2 is 1.59 bits per heavy atom. The lowest BCUT2D eigenvalue weighted by molar-refractivity contribution is -0.00000984. The average molecular weight is 387 g/mol. The molecule has 0 aliphatic carbocycles. The van der Waals surface area contributed by atoms with E-state index < -0.39 is 6.10 Å². The van der Waals surface area contributed by atoms with Crippen LogP contribution < -0.4 is 17.1 Å². The molecule has 0 aliphatic heterocycles. The van der Waals surface area contributed by atoms with Crippen molar-refractivity contribution in [1.29, 1.82) is 0 Å². The van der Waals surface area contributed by atoms with E-state index in [0.717, 1.165) is 22.1 Å². The van der Waals surface area contributed by atoms with Gasteiger partial charge in [0.1, 0.15) is 18.5 Å². The third-order valence-electron chi connectivity index (χ3n) is 4.30. The van der Waals surface area contributed by atoms with Gasteiger partial charge in [-0.25, -0.2) is 0 Å². The van der Waals surface area contributed by atoms with Crippen LogP contribution >= 0.6 is 0 Å². The summed E-state index contributed by atoms with van der Waals surface area (Å²) in [6, 6.07) is 24.1. The van der Waals surface area contributed by atoms with Crippen molar-refractivity contribution in [2.45, 2.75) is 12.6 Å². The van der Waals surface area contributed by atoms with Crippen molar-refractivity contribution in [2.24, 2.45) is 0 Å². The number of hydrogen-bond donors (Lipinski definition) is 2. The zero-order valence-corrected chi connectivity index (χ0v) is 15.9. The lowest BCUT2D eigenvalue weighted by Crippen LogP contribution is -3.00. The fourth-order valence-corrected chi connectivity index (χ4v) is 3.02. The van der Waals surface area contributed by atoms with Crippen LogP contribution in [0.15, 0.2) is 72.8 Å². The summed E-state index contributed by atoms with van der Waals surface area (Å²) in [7, 11) is 0. The first-order valence-corrected chi connectivity index (χ1v) is 8.91. The third-order valence-corrected chi connectivity index (χ3v) is 4.30. The van der Waals surface area contributed by atoms with Gasteiger partial charge in [0.05, 0.1) is 6.61 Å². The second-order valence-corrected chi connectivity index (χ2v) is 6.42. The zero-order valence-electron chi connectivity index (χ0n) is 15.2. The van der Waals surface area contributed by atoms with E-state index in [1.807, 2.05) is 71.6 Å². The van der Waals surface area contributed by atoms with E-state index in [-0.39, 0.29) is 25.6 Å². The maximum Gasteiger partial charge on any atom is 0.120 e. The molecule has 0 spiro atoms. The minimum atomic E-state index is -0.628. The van der Waals surface area contributed by atoms with E-state index in [2.05, 4.69) is 6.07 Å². The Morgan fingerprint density at radius 1 is 0.889 bits per heavy atom. The number of fused-ring (bicyclic) bond motifs is 1. The largest absolute Gasteiger partial charge is 1.00 e. The first-order chi connectivity index (χ1) is 12.7. The molecule has 0 saturated heterocycles. The fourth-order valence-electron chi connectivity index (χ4n) is 3.02. The molecule has 27 heavy (non-hydrogen) atoms. The zero-order chi connectivity index (χ0) is 18.2. The van der Waals surface area contributed by atoms with E-state index in [9.17, 15) is 10.2 Å². The molecule has 5 heteroatoms. The monoisotopic (exact) mass is 386 g/mol. The predicted molar refractivity (Wildman–Crippen MR) is 104 cm³/mol. The van der Waals surface area contributed by atoms with E-state index in [1.54, 1.807) is 0 Å². The Hall–Kier alpha value is -2.11. The normalized spacial score (nSPS) is 12.0. The van der Waals surface area contributed by atoms with Crippen molar-refractivity contribution < 1.29 is 27.4 Å². The van der Waals surface area contributed by atoms with Gasteiger partial charge < -0.3 is 27.4 Å². The Balaban J connectivity index is 0.00000261. The van der Waals surface area contributed by atoms with Gasteiger partial charge in [0.15, 0.2) is 0 Å². The highest BCUT2D eigenvalue weighted by molar-refractivity contribution is 5.83. The standard InChI is InChI=1S/C22H25NO3.ClH/c24-13-12-23(15-18-6-2-1-3-7-18)16-21(25)17-26-22-11-10-19-8-4-5-9-20(19)14-22;/h1-11,14,21,24-25H,12-13,15-17H2;1H/p-1. The third kappa shape index (κ3) is 6.52. The number of benzene rings is 3. The summed E-state index contributed by atoms with van der Waals surface area (Å²) in [5.74, 6) is 0.750. The van der Waals surface area contributed by atoms with Crippen LogP contribution in [0.25, 0.3) is 10.8 Å². The highest BCUT2D eigenvalue weighted by atomic mass is 35.5. The number of nitrogens with zero attached hydrogens (tertiary/aromatic N) is 1. The molecule has 0 aliphatic rings. The summed E-state index contributed by atoms with van der Waals surface area (Å²) in [4.78, 5) is 2.03. The molecule has 144 valence electrons. The van der Waals surface area contributed by atoms with Crippen LogP contribution in [0.1, 0.15) is 5.56 Å². The van der Waals surface area contributed by atoms with E-state index >= 15 is 0 Å². The van der Waals surface area contributed by atoms with E-state index in [1.165, 1.54) is 0 Å². The average Bonchev–Trinajstić information content (AvgIpc) is 2.67. The molecule has 3 rings (SSSR count). The molecule has 0 amide bonds. The molecule has 3 aromatic rings. The van der Waals surface area contributed by atoms with Gasteiger partial charge in [-0.1, -0.05) is 60.7 Å². The van der Waals surface area contributed by atoms with Crippen LogP contribution in [0.3, 0.4) is 0 Å². The van der Waals surface area contributed by atoms with Crippen molar-refractivity contribution in [2.75, 3.05) is 26.3 Å². The van der Waals surface area contributed by atoms with Crippen LogP contribution in [-0.4, -0.2) is 47.5 Å². The Kier molecular flexibility index (Phi) is 8.55. The van der Waals surface area contributed by atoms with Gasteiger partial charge in [-0.15, -0.1) is 0 Å². The van der Waals surface area contributed by atoms with Crippen molar-refractivity contribution in [3.8, 4) is 5.75 Å². The molecule has 0 heterocycles. The summed E-state index contributed by atoms with van der Waals surface area (Å²) < 4.78 is 5.77. The molecule has 1 unspecified atom stereocenters. The molecule has 0 aromatic heterocycles. The molecule has 1 atom stereocenters. The molecule has 0 fully saturated rings. The summed E-state index contributed by atoms with van der Waals surface area (Å²) in [6.45, 7) is 1.93. The smallest absolute Gasteiger partial charge is 0.120 e. The van der Waals surface area contributed by atoms with Crippen LogP contribution in [0.2, 0.25) is 0 Å². The van der Waals surface area contributed by atoms with Crippen molar-refractivity contribution in [3.05, 3.63) is 78.4 Å². The fraction of sp³-hybridized carbons (Fsp3) is 0.273. The first kappa shape index (κ1) is 21.2. The summed E-state index contributed by atoms with van der Waals surface area (Å²) in [6.07, 6.45) is -0.628. The number of ether oxygens (including phenoxy) is 1. The van der Waals surface area contributed by atoms with Gasteiger partial charge in [0, 0.05) is 19.6 Å². The first-order valence-electron chi connectivity index (χ1n) is 8.91.